The lowest BCUT2D eigenvalue weighted by atomic mass is 10.2. The zero-order valence-corrected chi connectivity index (χ0v) is 10.1. The Hall–Kier alpha value is -0.710. The standard InChI is InChI=1S/C10H18N2O2S/c1-8(4-6-15-2)12-5-3-9(13)11-7-10(12)14/h8H,3-7H2,1-2H3,(H,11,13). The van der Waals surface area contributed by atoms with E-state index in [0.29, 0.717) is 13.0 Å². The molecule has 1 N–H and O–H groups in total. The van der Waals surface area contributed by atoms with Crippen molar-refractivity contribution in [2.24, 2.45) is 0 Å². The highest BCUT2D eigenvalue weighted by atomic mass is 32.2. The van der Waals surface area contributed by atoms with E-state index in [1.54, 1.807) is 11.8 Å². The van der Waals surface area contributed by atoms with E-state index in [2.05, 4.69) is 11.6 Å². The summed E-state index contributed by atoms with van der Waals surface area (Å²) in [5.41, 5.74) is 0. The van der Waals surface area contributed by atoms with E-state index < -0.39 is 0 Å². The van der Waals surface area contributed by atoms with E-state index in [1.807, 2.05) is 11.8 Å². The number of nitrogens with zero attached hydrogens (tertiary/aromatic N) is 1. The third-order valence-electron chi connectivity index (χ3n) is 2.61. The van der Waals surface area contributed by atoms with E-state index in [4.69, 9.17) is 0 Å². The summed E-state index contributed by atoms with van der Waals surface area (Å²) >= 11 is 1.78. The number of carbonyl (C=O) groups excluding carboxylic acids is 2. The lowest BCUT2D eigenvalue weighted by molar-refractivity contribution is -0.131. The van der Waals surface area contributed by atoms with E-state index in [-0.39, 0.29) is 24.4 Å². The smallest absolute Gasteiger partial charge is 0.242 e. The van der Waals surface area contributed by atoms with Crippen LogP contribution in [0.3, 0.4) is 0 Å². The Kier molecular flexibility index (Phi) is 4.94. The van der Waals surface area contributed by atoms with Crippen LogP contribution in [-0.2, 0) is 9.59 Å². The molecule has 0 aromatic heterocycles. The van der Waals surface area contributed by atoms with Gasteiger partial charge in [-0.3, -0.25) is 9.59 Å². The van der Waals surface area contributed by atoms with E-state index in [9.17, 15) is 9.59 Å². The number of amides is 2. The van der Waals surface area contributed by atoms with E-state index >= 15 is 0 Å². The van der Waals surface area contributed by atoms with Crippen molar-refractivity contribution in [1.82, 2.24) is 10.2 Å². The summed E-state index contributed by atoms with van der Waals surface area (Å²) in [5, 5.41) is 2.60. The monoisotopic (exact) mass is 230 g/mol. The van der Waals surface area contributed by atoms with Crippen molar-refractivity contribution in [1.29, 1.82) is 0 Å². The van der Waals surface area contributed by atoms with Gasteiger partial charge in [-0.1, -0.05) is 0 Å². The van der Waals surface area contributed by atoms with Gasteiger partial charge in [-0.05, 0) is 25.4 Å². The second kappa shape index (κ2) is 6.00. The van der Waals surface area contributed by atoms with Gasteiger partial charge < -0.3 is 10.2 Å². The van der Waals surface area contributed by atoms with Gasteiger partial charge in [-0.25, -0.2) is 0 Å². The zero-order valence-electron chi connectivity index (χ0n) is 9.28. The molecule has 0 aliphatic carbocycles. The first-order valence-corrected chi connectivity index (χ1v) is 6.59. The average molecular weight is 230 g/mol. The number of thioether (sulfide) groups is 1. The largest absolute Gasteiger partial charge is 0.347 e. The molecule has 1 heterocycles. The number of hydrogen-bond donors (Lipinski definition) is 1. The SMILES string of the molecule is CSCCC(C)N1CCC(=O)NCC1=O. The highest BCUT2D eigenvalue weighted by molar-refractivity contribution is 7.98. The van der Waals surface area contributed by atoms with Crippen molar-refractivity contribution in [3.63, 3.8) is 0 Å². The van der Waals surface area contributed by atoms with Gasteiger partial charge in [0.25, 0.3) is 0 Å². The Balaban J connectivity index is 2.50. The van der Waals surface area contributed by atoms with Crippen LogP contribution in [-0.4, -0.2) is 47.9 Å². The zero-order chi connectivity index (χ0) is 11.3. The minimum atomic E-state index is -0.0251. The predicted octanol–water partition coefficient (Wildman–Crippen LogP) is 0.476. The molecular weight excluding hydrogens is 212 g/mol. The van der Waals surface area contributed by atoms with Crippen LogP contribution >= 0.6 is 11.8 Å². The molecule has 0 spiro atoms. The highest BCUT2D eigenvalue weighted by Gasteiger charge is 2.23. The Morgan fingerprint density at radius 2 is 2.27 bits per heavy atom. The fourth-order valence-corrected chi connectivity index (χ4v) is 2.20. The van der Waals surface area contributed by atoms with E-state index in [1.165, 1.54) is 0 Å². The number of hydrogen-bond acceptors (Lipinski definition) is 3. The Bertz CT molecular complexity index is 246. The number of nitrogens with one attached hydrogen (secondary N) is 1. The summed E-state index contributed by atoms with van der Waals surface area (Å²) < 4.78 is 0. The molecule has 15 heavy (non-hydrogen) atoms. The maximum atomic E-state index is 11.7. The summed E-state index contributed by atoms with van der Waals surface area (Å²) in [6, 6.07) is 0.234. The maximum Gasteiger partial charge on any atom is 0.242 e. The van der Waals surface area contributed by atoms with Crippen molar-refractivity contribution in [2.45, 2.75) is 25.8 Å². The number of carbonyl (C=O) groups is 2. The van der Waals surface area contributed by atoms with Crippen molar-refractivity contribution in [2.75, 3.05) is 25.1 Å². The quantitative estimate of drug-likeness (QED) is 0.764. The average Bonchev–Trinajstić information content (AvgIpc) is 2.38. The molecule has 1 saturated heterocycles. The second-order valence-corrected chi connectivity index (χ2v) is 4.73. The molecule has 1 rings (SSSR count). The van der Waals surface area contributed by atoms with Gasteiger partial charge in [0.1, 0.15) is 0 Å². The van der Waals surface area contributed by atoms with Crippen LogP contribution in [0.5, 0.6) is 0 Å². The molecule has 0 aromatic carbocycles. The topological polar surface area (TPSA) is 49.4 Å². The van der Waals surface area contributed by atoms with Crippen LogP contribution in [0.4, 0.5) is 0 Å². The molecule has 4 nitrogen and oxygen atoms in total. The summed E-state index contributed by atoms with van der Waals surface area (Å²) in [4.78, 5) is 24.6. The van der Waals surface area contributed by atoms with Gasteiger partial charge in [0.15, 0.2) is 0 Å². The first kappa shape index (κ1) is 12.4. The fraction of sp³-hybridized carbons (Fsp3) is 0.800. The molecule has 1 aliphatic heterocycles. The van der Waals surface area contributed by atoms with Gasteiger partial charge in [0.05, 0.1) is 6.54 Å². The molecule has 0 radical (unpaired) electrons. The molecule has 0 saturated carbocycles. The Labute approximate surface area is 94.8 Å². The Morgan fingerprint density at radius 1 is 1.53 bits per heavy atom. The van der Waals surface area contributed by atoms with Gasteiger partial charge in [-0.2, -0.15) is 11.8 Å². The van der Waals surface area contributed by atoms with Crippen molar-refractivity contribution in [3.8, 4) is 0 Å². The third-order valence-corrected chi connectivity index (χ3v) is 3.25. The molecule has 1 unspecified atom stereocenters. The summed E-state index contributed by atoms with van der Waals surface area (Å²) in [5.74, 6) is 1.06. The third kappa shape index (κ3) is 3.74. The fourth-order valence-electron chi connectivity index (χ4n) is 1.62. The minimum absolute atomic E-state index is 0.0251. The summed E-state index contributed by atoms with van der Waals surface area (Å²) in [7, 11) is 0. The van der Waals surface area contributed by atoms with Crippen LogP contribution < -0.4 is 5.32 Å². The molecule has 0 bridgehead atoms. The molecular formula is C10H18N2O2S. The highest BCUT2D eigenvalue weighted by Crippen LogP contribution is 2.10. The lowest BCUT2D eigenvalue weighted by Gasteiger charge is -2.27. The first-order valence-electron chi connectivity index (χ1n) is 5.20. The van der Waals surface area contributed by atoms with Crippen LogP contribution in [0.15, 0.2) is 0 Å². The first-order chi connectivity index (χ1) is 7.15. The van der Waals surface area contributed by atoms with Crippen LogP contribution in [0.1, 0.15) is 19.8 Å². The summed E-state index contributed by atoms with van der Waals surface area (Å²) in [6.45, 7) is 2.76. The second-order valence-electron chi connectivity index (χ2n) is 3.74. The molecule has 1 fully saturated rings. The number of rotatable bonds is 4. The molecule has 5 heteroatoms. The van der Waals surface area contributed by atoms with Crippen molar-refractivity contribution < 1.29 is 9.59 Å². The van der Waals surface area contributed by atoms with Gasteiger partial charge >= 0.3 is 0 Å². The molecule has 1 atom stereocenters. The summed E-state index contributed by atoms with van der Waals surface area (Å²) in [6.07, 6.45) is 3.47. The van der Waals surface area contributed by atoms with Gasteiger partial charge in [-0.15, -0.1) is 0 Å². The normalized spacial score (nSPS) is 19.7. The van der Waals surface area contributed by atoms with Crippen molar-refractivity contribution >= 4 is 23.6 Å². The predicted molar refractivity (Wildman–Crippen MR) is 61.8 cm³/mol. The Morgan fingerprint density at radius 3 is 2.93 bits per heavy atom. The molecule has 1 aliphatic rings. The van der Waals surface area contributed by atoms with Crippen molar-refractivity contribution in [3.05, 3.63) is 0 Å². The molecule has 86 valence electrons. The van der Waals surface area contributed by atoms with Crippen LogP contribution in [0.2, 0.25) is 0 Å². The van der Waals surface area contributed by atoms with Gasteiger partial charge in [0, 0.05) is 19.0 Å². The lowest BCUT2D eigenvalue weighted by Crippen LogP contribution is -2.41. The van der Waals surface area contributed by atoms with Crippen LogP contribution in [0.25, 0.3) is 0 Å². The van der Waals surface area contributed by atoms with Gasteiger partial charge in [0.2, 0.25) is 11.8 Å². The minimum Gasteiger partial charge on any atom is -0.347 e. The van der Waals surface area contributed by atoms with E-state index in [0.717, 1.165) is 12.2 Å². The maximum absolute atomic E-state index is 11.7. The molecule has 2 amide bonds. The molecule has 0 aromatic rings. The van der Waals surface area contributed by atoms with Crippen LogP contribution in [0, 0.1) is 0 Å².